The Balaban J connectivity index is 2.54. The molecule has 0 radical (unpaired) electrons. The zero-order valence-electron chi connectivity index (χ0n) is 12.0. The van der Waals surface area contributed by atoms with E-state index in [0.29, 0.717) is 5.92 Å². The van der Waals surface area contributed by atoms with E-state index in [1.807, 2.05) is 0 Å². The van der Waals surface area contributed by atoms with Crippen LogP contribution in [0.3, 0.4) is 0 Å². The fraction of sp³-hybridized carbons (Fsp3) is 0.625. The first-order chi connectivity index (χ1) is 8.77. The predicted molar refractivity (Wildman–Crippen MR) is 84.7 cm³/mol. The molecular weight excluding hydrogens is 238 g/mol. The molecule has 102 valence electrons. The fourth-order valence-corrected chi connectivity index (χ4v) is 2.86. The van der Waals surface area contributed by atoms with E-state index in [1.165, 1.54) is 35.5 Å². The Labute approximate surface area is 117 Å². The Morgan fingerprint density at radius 1 is 1.28 bits per heavy atom. The standard InChI is InChI=1S/C16H27NS/c1-4-17-13-16(10-7-11-18-5-2)15-9-6-8-14(3)12-15/h6,8-9,12,16-17H,4-5,7,10-11,13H2,1-3H3. The van der Waals surface area contributed by atoms with Crippen molar-refractivity contribution in [2.45, 2.75) is 39.5 Å². The lowest BCUT2D eigenvalue weighted by Crippen LogP contribution is -2.21. The van der Waals surface area contributed by atoms with Gasteiger partial charge in [0.2, 0.25) is 0 Å². The van der Waals surface area contributed by atoms with E-state index in [1.54, 1.807) is 0 Å². The van der Waals surface area contributed by atoms with Gasteiger partial charge in [-0.3, -0.25) is 0 Å². The minimum atomic E-state index is 0.669. The van der Waals surface area contributed by atoms with Gasteiger partial charge in [-0.1, -0.05) is 43.7 Å². The van der Waals surface area contributed by atoms with E-state index in [4.69, 9.17) is 0 Å². The van der Waals surface area contributed by atoms with Crippen molar-refractivity contribution in [3.05, 3.63) is 35.4 Å². The molecule has 0 aliphatic rings. The SMILES string of the molecule is CCNCC(CCCSCC)c1cccc(C)c1. The Morgan fingerprint density at radius 3 is 2.78 bits per heavy atom. The minimum Gasteiger partial charge on any atom is -0.316 e. The second-order valence-corrected chi connectivity index (χ2v) is 6.15. The summed E-state index contributed by atoms with van der Waals surface area (Å²) in [6.45, 7) is 8.77. The maximum absolute atomic E-state index is 3.50. The second-order valence-electron chi connectivity index (χ2n) is 4.76. The van der Waals surface area contributed by atoms with Crippen LogP contribution in [-0.2, 0) is 0 Å². The smallest absolute Gasteiger partial charge is 0.00200 e. The summed E-state index contributed by atoms with van der Waals surface area (Å²) in [5.41, 5.74) is 2.87. The molecule has 1 nitrogen and oxygen atoms in total. The number of likely N-dealkylation sites (N-methyl/N-ethyl adjacent to an activating group) is 1. The largest absolute Gasteiger partial charge is 0.316 e. The van der Waals surface area contributed by atoms with Crippen LogP contribution in [0.2, 0.25) is 0 Å². The Kier molecular flexibility index (Phi) is 8.19. The molecule has 1 rings (SSSR count). The van der Waals surface area contributed by atoms with Gasteiger partial charge in [-0.05, 0) is 49.3 Å². The lowest BCUT2D eigenvalue weighted by Gasteiger charge is -2.18. The van der Waals surface area contributed by atoms with Gasteiger partial charge in [-0.15, -0.1) is 0 Å². The molecule has 1 aromatic carbocycles. The molecule has 1 N–H and O–H groups in total. The molecule has 18 heavy (non-hydrogen) atoms. The molecule has 1 unspecified atom stereocenters. The molecule has 0 heterocycles. The Bertz CT molecular complexity index is 325. The summed E-state index contributed by atoms with van der Waals surface area (Å²) in [5, 5.41) is 3.50. The highest BCUT2D eigenvalue weighted by Crippen LogP contribution is 2.22. The molecule has 0 aromatic heterocycles. The lowest BCUT2D eigenvalue weighted by atomic mass is 9.93. The van der Waals surface area contributed by atoms with Crippen LogP contribution in [0.4, 0.5) is 0 Å². The van der Waals surface area contributed by atoms with Gasteiger partial charge in [-0.2, -0.15) is 11.8 Å². The first-order valence-electron chi connectivity index (χ1n) is 7.13. The quantitative estimate of drug-likeness (QED) is 0.671. The van der Waals surface area contributed by atoms with Crippen LogP contribution >= 0.6 is 11.8 Å². The van der Waals surface area contributed by atoms with E-state index >= 15 is 0 Å². The van der Waals surface area contributed by atoms with Gasteiger partial charge in [0.15, 0.2) is 0 Å². The zero-order chi connectivity index (χ0) is 13.2. The van der Waals surface area contributed by atoms with Gasteiger partial charge in [-0.25, -0.2) is 0 Å². The number of hydrogen-bond acceptors (Lipinski definition) is 2. The van der Waals surface area contributed by atoms with Crippen LogP contribution in [-0.4, -0.2) is 24.6 Å². The summed E-state index contributed by atoms with van der Waals surface area (Å²) in [6.07, 6.45) is 2.62. The molecule has 0 spiro atoms. The second kappa shape index (κ2) is 9.46. The predicted octanol–water partition coefficient (Wildman–Crippen LogP) is 4.22. The fourth-order valence-electron chi connectivity index (χ4n) is 2.21. The van der Waals surface area contributed by atoms with Crippen LogP contribution in [0, 0.1) is 6.92 Å². The molecule has 0 aliphatic heterocycles. The third-order valence-corrected chi connectivity index (χ3v) is 4.19. The summed E-state index contributed by atoms with van der Waals surface area (Å²) >= 11 is 2.05. The molecule has 0 aliphatic carbocycles. The summed E-state index contributed by atoms with van der Waals surface area (Å²) in [4.78, 5) is 0. The van der Waals surface area contributed by atoms with Gasteiger partial charge in [0, 0.05) is 6.54 Å². The topological polar surface area (TPSA) is 12.0 Å². The lowest BCUT2D eigenvalue weighted by molar-refractivity contribution is 0.557. The summed E-state index contributed by atoms with van der Waals surface area (Å²) < 4.78 is 0. The first kappa shape index (κ1) is 15.6. The van der Waals surface area contributed by atoms with Gasteiger partial charge in [0.25, 0.3) is 0 Å². The van der Waals surface area contributed by atoms with Crippen LogP contribution in [0.15, 0.2) is 24.3 Å². The van der Waals surface area contributed by atoms with E-state index in [-0.39, 0.29) is 0 Å². The van der Waals surface area contributed by atoms with Crippen molar-refractivity contribution in [1.82, 2.24) is 5.32 Å². The van der Waals surface area contributed by atoms with Crippen LogP contribution < -0.4 is 5.32 Å². The highest BCUT2D eigenvalue weighted by molar-refractivity contribution is 7.99. The number of aryl methyl sites for hydroxylation is 1. The van der Waals surface area contributed by atoms with E-state index in [2.05, 4.69) is 62.1 Å². The number of rotatable bonds is 9. The average Bonchev–Trinajstić information content (AvgIpc) is 2.38. The highest BCUT2D eigenvalue weighted by atomic mass is 32.2. The maximum Gasteiger partial charge on any atom is 0.00200 e. The Hall–Kier alpha value is -0.470. The van der Waals surface area contributed by atoms with Crippen molar-refractivity contribution in [3.63, 3.8) is 0 Å². The number of benzene rings is 1. The van der Waals surface area contributed by atoms with Crippen molar-refractivity contribution in [1.29, 1.82) is 0 Å². The normalized spacial score (nSPS) is 12.6. The molecule has 0 fully saturated rings. The van der Waals surface area contributed by atoms with Crippen molar-refractivity contribution in [3.8, 4) is 0 Å². The molecule has 2 heteroatoms. The molecule has 0 amide bonds. The average molecular weight is 265 g/mol. The zero-order valence-corrected chi connectivity index (χ0v) is 12.9. The Morgan fingerprint density at radius 2 is 2.11 bits per heavy atom. The molecule has 0 saturated heterocycles. The number of hydrogen-bond donors (Lipinski definition) is 1. The van der Waals surface area contributed by atoms with Gasteiger partial charge < -0.3 is 5.32 Å². The highest BCUT2D eigenvalue weighted by Gasteiger charge is 2.10. The third-order valence-electron chi connectivity index (χ3n) is 3.20. The summed E-state index contributed by atoms with van der Waals surface area (Å²) in [7, 11) is 0. The van der Waals surface area contributed by atoms with Gasteiger partial charge in [0.1, 0.15) is 0 Å². The summed E-state index contributed by atoms with van der Waals surface area (Å²) in [6, 6.07) is 8.99. The molecule has 1 atom stereocenters. The van der Waals surface area contributed by atoms with Crippen LogP contribution in [0.25, 0.3) is 0 Å². The minimum absolute atomic E-state index is 0.669. The third kappa shape index (κ3) is 5.92. The molecule has 1 aromatic rings. The van der Waals surface area contributed by atoms with Crippen LogP contribution in [0.5, 0.6) is 0 Å². The molecule has 0 bridgehead atoms. The van der Waals surface area contributed by atoms with Gasteiger partial charge in [0.05, 0.1) is 0 Å². The summed E-state index contributed by atoms with van der Waals surface area (Å²) in [5.74, 6) is 3.20. The monoisotopic (exact) mass is 265 g/mol. The maximum atomic E-state index is 3.50. The first-order valence-corrected chi connectivity index (χ1v) is 8.28. The number of thioether (sulfide) groups is 1. The van der Waals surface area contributed by atoms with Crippen molar-refractivity contribution in [2.24, 2.45) is 0 Å². The van der Waals surface area contributed by atoms with Gasteiger partial charge >= 0.3 is 0 Å². The van der Waals surface area contributed by atoms with Crippen LogP contribution in [0.1, 0.15) is 43.7 Å². The van der Waals surface area contributed by atoms with Crippen molar-refractivity contribution < 1.29 is 0 Å². The van der Waals surface area contributed by atoms with Crippen molar-refractivity contribution >= 4 is 11.8 Å². The molecular formula is C16H27NS. The number of nitrogens with one attached hydrogen (secondary N) is 1. The van der Waals surface area contributed by atoms with E-state index in [9.17, 15) is 0 Å². The van der Waals surface area contributed by atoms with Crippen molar-refractivity contribution in [2.75, 3.05) is 24.6 Å². The van der Waals surface area contributed by atoms with E-state index in [0.717, 1.165) is 13.1 Å². The molecule has 0 saturated carbocycles. The van der Waals surface area contributed by atoms with E-state index < -0.39 is 0 Å².